The Bertz CT molecular complexity index is 658. The first-order valence-corrected chi connectivity index (χ1v) is 7.68. The van der Waals surface area contributed by atoms with Gasteiger partial charge >= 0.3 is 0 Å². The van der Waals surface area contributed by atoms with E-state index in [1.807, 2.05) is 0 Å². The Morgan fingerprint density at radius 3 is 3.00 bits per heavy atom. The summed E-state index contributed by atoms with van der Waals surface area (Å²) in [5.41, 5.74) is 0.481. The number of carbonyl (C=O) groups is 1. The van der Waals surface area contributed by atoms with Crippen molar-refractivity contribution in [3.8, 4) is 5.75 Å². The van der Waals surface area contributed by atoms with E-state index in [0.717, 1.165) is 19.3 Å². The fourth-order valence-corrected chi connectivity index (χ4v) is 2.81. The second-order valence-corrected chi connectivity index (χ2v) is 5.75. The van der Waals surface area contributed by atoms with Crippen molar-refractivity contribution >= 4 is 5.91 Å². The van der Waals surface area contributed by atoms with Gasteiger partial charge < -0.3 is 15.2 Å². The molecule has 0 saturated heterocycles. The zero-order valence-corrected chi connectivity index (χ0v) is 12.9. The number of hydrogen-bond acceptors (Lipinski definition) is 5. The number of pyridine rings is 1. The molecule has 0 bridgehead atoms. The number of nitrogens with zero attached hydrogens (tertiary/aromatic N) is 3. The van der Waals surface area contributed by atoms with Gasteiger partial charge in [-0.1, -0.05) is 0 Å². The van der Waals surface area contributed by atoms with Crippen LogP contribution in [0.25, 0.3) is 0 Å². The van der Waals surface area contributed by atoms with Gasteiger partial charge in [-0.25, -0.2) is 0 Å². The van der Waals surface area contributed by atoms with Crippen LogP contribution in [0.1, 0.15) is 29.6 Å². The van der Waals surface area contributed by atoms with Crippen LogP contribution in [0.3, 0.4) is 0 Å². The molecule has 1 aliphatic carbocycles. The van der Waals surface area contributed by atoms with E-state index in [4.69, 9.17) is 4.74 Å². The first-order valence-electron chi connectivity index (χ1n) is 7.68. The van der Waals surface area contributed by atoms with E-state index >= 15 is 0 Å². The molecule has 0 aromatic carbocycles. The first-order chi connectivity index (χ1) is 11.1. The minimum Gasteiger partial charge on any atom is -0.486 e. The molecule has 1 amide bonds. The van der Waals surface area contributed by atoms with Gasteiger partial charge in [0.15, 0.2) is 0 Å². The maximum Gasteiger partial charge on any atom is 0.254 e. The summed E-state index contributed by atoms with van der Waals surface area (Å²) in [5, 5.41) is 17.4. The lowest BCUT2D eigenvalue weighted by atomic mass is 9.89. The number of aryl methyl sites for hydroxylation is 1. The van der Waals surface area contributed by atoms with Crippen LogP contribution in [-0.4, -0.2) is 44.0 Å². The number of aliphatic hydroxyl groups is 1. The van der Waals surface area contributed by atoms with Gasteiger partial charge in [0.05, 0.1) is 24.0 Å². The molecule has 0 radical (unpaired) electrons. The Morgan fingerprint density at radius 1 is 1.43 bits per heavy atom. The van der Waals surface area contributed by atoms with Gasteiger partial charge in [0, 0.05) is 19.4 Å². The summed E-state index contributed by atoms with van der Waals surface area (Å²) < 4.78 is 7.38. The zero-order chi connectivity index (χ0) is 16.2. The maximum absolute atomic E-state index is 12.2. The minimum absolute atomic E-state index is 0.232. The summed E-state index contributed by atoms with van der Waals surface area (Å²) in [6, 6.07) is 3.25. The third-order valence-corrected chi connectivity index (χ3v) is 4.00. The third kappa shape index (κ3) is 3.68. The lowest BCUT2D eigenvalue weighted by Crippen LogP contribution is -2.52. The lowest BCUT2D eigenvalue weighted by Gasteiger charge is -2.35. The number of rotatable bonds is 4. The van der Waals surface area contributed by atoms with E-state index in [9.17, 15) is 9.90 Å². The number of hydrogen-bond donors (Lipinski definition) is 2. The Balaban J connectivity index is 1.63. The van der Waals surface area contributed by atoms with E-state index in [1.54, 1.807) is 42.5 Å². The van der Waals surface area contributed by atoms with E-state index in [-0.39, 0.29) is 18.1 Å². The summed E-state index contributed by atoms with van der Waals surface area (Å²) >= 11 is 0. The van der Waals surface area contributed by atoms with Crippen molar-refractivity contribution < 1.29 is 14.6 Å². The second-order valence-electron chi connectivity index (χ2n) is 5.75. The van der Waals surface area contributed by atoms with Crippen LogP contribution < -0.4 is 10.1 Å². The Hall–Kier alpha value is -2.41. The number of aromatic nitrogens is 3. The van der Waals surface area contributed by atoms with Gasteiger partial charge in [-0.3, -0.25) is 14.5 Å². The predicted molar refractivity (Wildman–Crippen MR) is 83.0 cm³/mol. The highest BCUT2D eigenvalue weighted by molar-refractivity contribution is 5.93. The molecule has 3 rings (SSSR count). The highest BCUT2D eigenvalue weighted by Crippen LogP contribution is 2.24. The van der Waals surface area contributed by atoms with Crippen molar-refractivity contribution in [2.45, 2.75) is 37.5 Å². The van der Waals surface area contributed by atoms with Gasteiger partial charge in [-0.2, -0.15) is 5.10 Å². The molecule has 0 spiro atoms. The van der Waals surface area contributed by atoms with Crippen LogP contribution in [0.2, 0.25) is 0 Å². The van der Waals surface area contributed by atoms with Crippen LogP contribution in [0.5, 0.6) is 5.75 Å². The molecule has 7 heteroatoms. The summed E-state index contributed by atoms with van der Waals surface area (Å²) in [6.07, 6.45) is 7.67. The first kappa shape index (κ1) is 15.5. The van der Waals surface area contributed by atoms with Gasteiger partial charge in [0.25, 0.3) is 5.91 Å². The summed E-state index contributed by atoms with van der Waals surface area (Å²) in [6.45, 7) is 0. The molecule has 2 heterocycles. The molecule has 2 N–H and O–H groups in total. The SMILES string of the molecule is Cn1cc(C(=O)N[C@@H]2CCC[C@@H](Oc3cccnc3)[C@@H]2O)cn1. The van der Waals surface area contributed by atoms with Gasteiger partial charge in [-0.15, -0.1) is 0 Å². The fourth-order valence-electron chi connectivity index (χ4n) is 2.81. The highest BCUT2D eigenvalue weighted by Gasteiger charge is 2.34. The zero-order valence-electron chi connectivity index (χ0n) is 12.9. The molecule has 0 unspecified atom stereocenters. The largest absolute Gasteiger partial charge is 0.486 e. The lowest BCUT2D eigenvalue weighted by molar-refractivity contribution is -0.0142. The van der Waals surface area contributed by atoms with E-state index in [2.05, 4.69) is 15.4 Å². The van der Waals surface area contributed by atoms with Crippen molar-refractivity contribution in [1.29, 1.82) is 0 Å². The molecule has 2 aromatic rings. The van der Waals surface area contributed by atoms with Crippen LogP contribution in [-0.2, 0) is 7.05 Å². The minimum atomic E-state index is -0.760. The number of nitrogens with one attached hydrogen (secondary N) is 1. The van der Waals surface area contributed by atoms with E-state index in [0.29, 0.717) is 11.3 Å². The molecule has 23 heavy (non-hydrogen) atoms. The molecule has 2 aromatic heterocycles. The Morgan fingerprint density at radius 2 is 2.30 bits per heavy atom. The fraction of sp³-hybridized carbons (Fsp3) is 0.438. The van der Waals surface area contributed by atoms with Crippen LogP contribution in [0.4, 0.5) is 0 Å². The van der Waals surface area contributed by atoms with Gasteiger partial charge in [-0.05, 0) is 31.4 Å². The van der Waals surface area contributed by atoms with Crippen molar-refractivity contribution in [1.82, 2.24) is 20.1 Å². The summed E-state index contributed by atoms with van der Waals surface area (Å²) in [5.74, 6) is 0.389. The predicted octanol–water partition coefficient (Wildman–Crippen LogP) is 0.906. The van der Waals surface area contributed by atoms with Gasteiger partial charge in [0.2, 0.25) is 0 Å². The molecule has 1 aliphatic rings. The number of carbonyl (C=O) groups excluding carboxylic acids is 1. The number of aliphatic hydroxyl groups excluding tert-OH is 1. The number of amides is 1. The molecule has 1 fully saturated rings. The van der Waals surface area contributed by atoms with Crippen LogP contribution >= 0.6 is 0 Å². The Labute approximate surface area is 134 Å². The third-order valence-electron chi connectivity index (χ3n) is 4.00. The smallest absolute Gasteiger partial charge is 0.254 e. The normalized spacial score (nSPS) is 24.2. The van der Waals surface area contributed by atoms with Crippen molar-refractivity contribution in [2.75, 3.05) is 0 Å². The average molecular weight is 316 g/mol. The molecular weight excluding hydrogens is 296 g/mol. The topological polar surface area (TPSA) is 89.3 Å². The van der Waals surface area contributed by atoms with Crippen LogP contribution in [0, 0.1) is 0 Å². The van der Waals surface area contributed by atoms with Crippen molar-refractivity contribution in [2.24, 2.45) is 7.05 Å². The second kappa shape index (κ2) is 6.78. The van der Waals surface area contributed by atoms with Gasteiger partial charge in [0.1, 0.15) is 18.0 Å². The average Bonchev–Trinajstić information content (AvgIpc) is 2.99. The monoisotopic (exact) mass is 316 g/mol. The molecule has 3 atom stereocenters. The molecule has 0 aliphatic heterocycles. The standard InChI is InChI=1S/C16H20N4O3/c1-20-10-11(8-18-20)16(22)19-13-5-2-6-14(15(13)21)23-12-4-3-7-17-9-12/h3-4,7-10,13-15,21H,2,5-6H2,1H3,(H,19,22)/t13-,14-,15-/m1/s1. The molecule has 1 saturated carbocycles. The maximum atomic E-state index is 12.2. The number of ether oxygens (including phenoxy) is 1. The highest BCUT2D eigenvalue weighted by atomic mass is 16.5. The Kier molecular flexibility index (Phi) is 4.57. The van der Waals surface area contributed by atoms with Crippen molar-refractivity contribution in [3.05, 3.63) is 42.5 Å². The summed E-state index contributed by atoms with van der Waals surface area (Å²) in [4.78, 5) is 16.2. The quantitative estimate of drug-likeness (QED) is 0.875. The molecular formula is C16H20N4O3. The summed E-state index contributed by atoms with van der Waals surface area (Å²) in [7, 11) is 1.75. The molecule has 7 nitrogen and oxygen atoms in total. The molecule has 122 valence electrons. The van der Waals surface area contributed by atoms with E-state index in [1.165, 1.54) is 6.20 Å². The van der Waals surface area contributed by atoms with E-state index < -0.39 is 6.10 Å². The van der Waals surface area contributed by atoms with Crippen LogP contribution in [0.15, 0.2) is 36.9 Å². The van der Waals surface area contributed by atoms with Crippen molar-refractivity contribution in [3.63, 3.8) is 0 Å².